The Hall–Kier alpha value is -2.10. The van der Waals surface area contributed by atoms with Crippen molar-refractivity contribution in [1.82, 2.24) is 0 Å². The number of aliphatic hydroxyl groups excluding tert-OH is 2. The van der Waals surface area contributed by atoms with Crippen molar-refractivity contribution in [2.45, 2.75) is 25.7 Å². The van der Waals surface area contributed by atoms with E-state index in [-0.39, 0.29) is 0 Å². The zero-order chi connectivity index (χ0) is 15.7. The van der Waals surface area contributed by atoms with Crippen LogP contribution in [-0.4, -0.2) is 29.6 Å². The Labute approximate surface area is 130 Å². The predicted octanol–water partition coefficient (Wildman–Crippen LogP) is 3.52. The Kier molecular flexibility index (Phi) is 4.01. The van der Waals surface area contributed by atoms with Crippen molar-refractivity contribution in [3.63, 3.8) is 0 Å². The molecule has 2 unspecified atom stereocenters. The molecule has 0 radical (unpaired) electrons. The summed E-state index contributed by atoms with van der Waals surface area (Å²) in [7, 11) is 1.84. The van der Waals surface area contributed by atoms with Gasteiger partial charge in [0.1, 0.15) is 6.23 Å². The Morgan fingerprint density at radius 1 is 0.864 bits per heavy atom. The number of fused-ring (bicyclic) bond motifs is 2. The summed E-state index contributed by atoms with van der Waals surface area (Å²) in [6, 6.07) is 18.8. The first kappa shape index (κ1) is 14.8. The summed E-state index contributed by atoms with van der Waals surface area (Å²) in [4.78, 5) is 1.79. The third-order valence-corrected chi connectivity index (χ3v) is 4.09. The van der Waals surface area contributed by atoms with Crippen LogP contribution >= 0.6 is 0 Å². The van der Waals surface area contributed by atoms with E-state index in [1.807, 2.05) is 25.2 Å². The minimum Gasteiger partial charge on any atom is -0.393 e. The molecule has 22 heavy (non-hydrogen) atoms. The van der Waals surface area contributed by atoms with Gasteiger partial charge in [0.05, 0.1) is 6.10 Å². The fourth-order valence-electron chi connectivity index (χ4n) is 2.78. The summed E-state index contributed by atoms with van der Waals surface area (Å²) in [5, 5.41) is 24.3. The van der Waals surface area contributed by atoms with E-state index in [1.165, 1.54) is 16.2 Å². The van der Waals surface area contributed by atoms with Crippen LogP contribution in [0.25, 0.3) is 21.5 Å². The van der Waals surface area contributed by atoms with Gasteiger partial charge in [-0.15, -0.1) is 0 Å². The minimum atomic E-state index is -0.696. The lowest BCUT2D eigenvalue weighted by atomic mass is 10.0. The average Bonchev–Trinajstić information content (AvgIpc) is 2.51. The van der Waals surface area contributed by atoms with Crippen LogP contribution in [0.1, 0.15) is 13.3 Å². The molecule has 2 atom stereocenters. The van der Waals surface area contributed by atoms with Gasteiger partial charge in [0.25, 0.3) is 0 Å². The number of hydrogen-bond acceptors (Lipinski definition) is 3. The van der Waals surface area contributed by atoms with Gasteiger partial charge in [-0.25, -0.2) is 0 Å². The van der Waals surface area contributed by atoms with Gasteiger partial charge in [-0.2, -0.15) is 0 Å². The van der Waals surface area contributed by atoms with Crippen LogP contribution in [0.3, 0.4) is 0 Å². The van der Waals surface area contributed by atoms with Gasteiger partial charge >= 0.3 is 0 Å². The normalized spacial score (nSPS) is 14.2. The van der Waals surface area contributed by atoms with E-state index in [9.17, 15) is 10.2 Å². The molecule has 0 aliphatic heterocycles. The molecule has 2 N–H and O–H groups in total. The first-order chi connectivity index (χ1) is 10.5. The van der Waals surface area contributed by atoms with Gasteiger partial charge in [-0.1, -0.05) is 30.3 Å². The quantitative estimate of drug-likeness (QED) is 0.572. The molecule has 0 fully saturated rings. The van der Waals surface area contributed by atoms with Crippen molar-refractivity contribution in [2.75, 3.05) is 11.9 Å². The Morgan fingerprint density at radius 2 is 1.45 bits per heavy atom. The van der Waals surface area contributed by atoms with E-state index in [1.54, 1.807) is 11.8 Å². The van der Waals surface area contributed by atoms with Crippen LogP contribution in [-0.2, 0) is 0 Å². The van der Waals surface area contributed by atoms with Gasteiger partial charge in [0.15, 0.2) is 0 Å². The molecule has 3 aromatic carbocycles. The number of hydrogen-bond donors (Lipinski definition) is 2. The van der Waals surface area contributed by atoms with Gasteiger partial charge < -0.3 is 15.1 Å². The van der Waals surface area contributed by atoms with E-state index in [0.717, 1.165) is 11.1 Å². The molecule has 0 aliphatic carbocycles. The lowest BCUT2D eigenvalue weighted by Gasteiger charge is -2.27. The molecule has 0 amide bonds. The molecular weight excluding hydrogens is 274 g/mol. The summed E-state index contributed by atoms with van der Waals surface area (Å²) >= 11 is 0. The molecule has 0 aromatic heterocycles. The molecule has 0 saturated heterocycles. The highest BCUT2D eigenvalue weighted by molar-refractivity contribution is 5.99. The number of rotatable bonds is 4. The second kappa shape index (κ2) is 5.95. The van der Waals surface area contributed by atoms with E-state index < -0.39 is 12.3 Å². The van der Waals surface area contributed by atoms with Crippen molar-refractivity contribution >= 4 is 27.2 Å². The molecule has 114 valence electrons. The molecule has 3 aromatic rings. The number of aliphatic hydroxyl groups is 2. The predicted molar refractivity (Wildman–Crippen MR) is 92.2 cm³/mol. The second-order valence-corrected chi connectivity index (χ2v) is 5.91. The highest BCUT2D eigenvalue weighted by Gasteiger charge is 2.14. The summed E-state index contributed by atoms with van der Waals surface area (Å²) in [5.74, 6) is 0. The SMILES string of the molecule is CC(O)CC(O)N(C)c1ccc2cc3ccccc3cc2c1. The van der Waals surface area contributed by atoms with Crippen LogP contribution in [0.2, 0.25) is 0 Å². The zero-order valence-electron chi connectivity index (χ0n) is 12.9. The van der Waals surface area contributed by atoms with Crippen LogP contribution < -0.4 is 4.90 Å². The van der Waals surface area contributed by atoms with Gasteiger partial charge in [0, 0.05) is 19.2 Å². The second-order valence-electron chi connectivity index (χ2n) is 5.91. The largest absolute Gasteiger partial charge is 0.393 e. The summed E-state index contributed by atoms with van der Waals surface area (Å²) in [6.07, 6.45) is -0.897. The molecular formula is C19H21NO2. The van der Waals surface area contributed by atoms with Crippen molar-refractivity contribution in [2.24, 2.45) is 0 Å². The molecule has 3 rings (SSSR count). The Balaban J connectivity index is 2.00. The van der Waals surface area contributed by atoms with Crippen LogP contribution in [0.5, 0.6) is 0 Å². The first-order valence-electron chi connectivity index (χ1n) is 7.56. The van der Waals surface area contributed by atoms with Crippen molar-refractivity contribution < 1.29 is 10.2 Å². The molecule has 3 heteroatoms. The van der Waals surface area contributed by atoms with Crippen LogP contribution in [0.15, 0.2) is 54.6 Å². The topological polar surface area (TPSA) is 43.7 Å². The lowest BCUT2D eigenvalue weighted by molar-refractivity contribution is 0.0911. The fourth-order valence-corrected chi connectivity index (χ4v) is 2.78. The molecule has 0 saturated carbocycles. The molecule has 0 spiro atoms. The summed E-state index contributed by atoms with van der Waals surface area (Å²) < 4.78 is 0. The molecule has 0 heterocycles. The van der Waals surface area contributed by atoms with Gasteiger partial charge in [-0.3, -0.25) is 0 Å². The maximum atomic E-state index is 10.2. The van der Waals surface area contributed by atoms with E-state index >= 15 is 0 Å². The standard InChI is InChI=1S/C19H21NO2/c1-13(21)9-19(22)20(2)18-8-7-16-10-14-5-3-4-6-15(14)11-17(16)12-18/h3-8,10-13,19,21-22H,9H2,1-2H3. The van der Waals surface area contributed by atoms with Crippen LogP contribution in [0, 0.1) is 0 Å². The highest BCUT2D eigenvalue weighted by atomic mass is 16.3. The number of benzene rings is 3. The maximum Gasteiger partial charge on any atom is 0.129 e. The van der Waals surface area contributed by atoms with Crippen molar-refractivity contribution in [3.05, 3.63) is 54.6 Å². The van der Waals surface area contributed by atoms with E-state index in [2.05, 4.69) is 36.4 Å². The van der Waals surface area contributed by atoms with E-state index in [0.29, 0.717) is 6.42 Å². The third kappa shape index (κ3) is 2.91. The third-order valence-electron chi connectivity index (χ3n) is 4.09. The highest BCUT2D eigenvalue weighted by Crippen LogP contribution is 2.27. The smallest absolute Gasteiger partial charge is 0.129 e. The first-order valence-corrected chi connectivity index (χ1v) is 7.56. The lowest BCUT2D eigenvalue weighted by Crippen LogP contribution is -2.33. The van der Waals surface area contributed by atoms with Crippen LogP contribution in [0.4, 0.5) is 5.69 Å². The summed E-state index contributed by atoms with van der Waals surface area (Å²) in [5.41, 5.74) is 0.941. The van der Waals surface area contributed by atoms with Crippen molar-refractivity contribution in [1.29, 1.82) is 0 Å². The monoisotopic (exact) mass is 295 g/mol. The minimum absolute atomic E-state index is 0.326. The average molecular weight is 295 g/mol. The number of anilines is 1. The van der Waals surface area contributed by atoms with Crippen molar-refractivity contribution in [3.8, 4) is 0 Å². The Bertz CT molecular complexity index is 798. The van der Waals surface area contributed by atoms with Gasteiger partial charge in [-0.05, 0) is 52.7 Å². The van der Waals surface area contributed by atoms with E-state index in [4.69, 9.17) is 0 Å². The molecule has 0 bridgehead atoms. The maximum absolute atomic E-state index is 10.2. The number of nitrogens with zero attached hydrogens (tertiary/aromatic N) is 1. The zero-order valence-corrected chi connectivity index (χ0v) is 12.9. The Morgan fingerprint density at radius 3 is 2.09 bits per heavy atom. The summed E-state index contributed by atoms with van der Waals surface area (Å²) in [6.45, 7) is 1.68. The van der Waals surface area contributed by atoms with Gasteiger partial charge in [0.2, 0.25) is 0 Å². The molecule has 0 aliphatic rings. The fraction of sp³-hybridized carbons (Fsp3) is 0.263. The molecule has 3 nitrogen and oxygen atoms in total.